The van der Waals surface area contributed by atoms with E-state index in [0.717, 1.165) is 11.3 Å². The largest absolute Gasteiger partial charge is 0.462 e. The minimum Gasteiger partial charge on any atom is -0.462 e. The molecule has 2 aromatic rings. The number of halogens is 2. The van der Waals surface area contributed by atoms with Gasteiger partial charge in [0.05, 0.1) is 30.1 Å². The smallest absolute Gasteiger partial charge is 0.350 e. The molecule has 2 aromatic heterocycles. The predicted octanol–water partition coefficient (Wildman–Crippen LogP) is 2.75. The molecule has 0 radical (unpaired) electrons. The average molecular weight is 474 g/mol. The first-order valence-electron chi connectivity index (χ1n) is 9.97. The highest BCUT2D eigenvalue weighted by Gasteiger charge is 2.33. The van der Waals surface area contributed by atoms with E-state index in [2.05, 4.69) is 20.3 Å². The van der Waals surface area contributed by atoms with Crippen molar-refractivity contribution in [1.82, 2.24) is 20.3 Å². The Morgan fingerprint density at radius 2 is 2.16 bits per heavy atom. The number of imidazole rings is 1. The molecule has 3 rings (SSSR count). The number of thiazole rings is 1. The van der Waals surface area contributed by atoms with E-state index >= 15 is 0 Å². The van der Waals surface area contributed by atoms with Crippen molar-refractivity contribution in [2.75, 3.05) is 31.7 Å². The van der Waals surface area contributed by atoms with E-state index in [-0.39, 0.29) is 46.2 Å². The molecule has 3 heterocycles. The Bertz CT molecular complexity index is 937. The fourth-order valence-electron chi connectivity index (χ4n) is 3.38. The minimum absolute atomic E-state index is 0.0734. The van der Waals surface area contributed by atoms with Gasteiger partial charge in [0, 0.05) is 20.2 Å². The number of ether oxygens (including phenoxy) is 2. The van der Waals surface area contributed by atoms with Crippen LogP contribution in [0.3, 0.4) is 0 Å². The van der Waals surface area contributed by atoms with Gasteiger partial charge in [0.15, 0.2) is 16.1 Å². The molecule has 2 unspecified atom stereocenters. The number of nitrogens with one attached hydrogen (secondary N) is 2. The van der Waals surface area contributed by atoms with E-state index < -0.39 is 12.6 Å². The number of esters is 1. The van der Waals surface area contributed by atoms with Gasteiger partial charge in [-0.1, -0.05) is 29.9 Å². The van der Waals surface area contributed by atoms with Crippen LogP contribution in [-0.4, -0.2) is 65.8 Å². The van der Waals surface area contributed by atoms with Crippen LogP contribution in [-0.2, 0) is 22.6 Å². The molecule has 1 saturated heterocycles. The molecule has 0 saturated carbocycles. The minimum atomic E-state index is -0.851. The van der Waals surface area contributed by atoms with E-state index in [1.807, 2.05) is 11.8 Å². The molecule has 1 aliphatic rings. The molecule has 2 N–H and O–H groups in total. The molecule has 12 heteroatoms. The maximum atomic E-state index is 13.4. The molecule has 2 atom stereocenters. The Morgan fingerprint density at radius 1 is 1.39 bits per heavy atom. The van der Waals surface area contributed by atoms with Gasteiger partial charge in [-0.15, -0.1) is 0 Å². The number of aromatic nitrogens is 3. The number of piperidine rings is 1. The van der Waals surface area contributed by atoms with Gasteiger partial charge >= 0.3 is 5.97 Å². The van der Waals surface area contributed by atoms with Gasteiger partial charge in [-0.3, -0.25) is 4.79 Å². The molecule has 0 spiro atoms. The van der Waals surface area contributed by atoms with Crippen molar-refractivity contribution in [2.24, 2.45) is 0 Å². The van der Waals surface area contributed by atoms with Gasteiger partial charge in [0.2, 0.25) is 0 Å². The lowest BCUT2D eigenvalue weighted by atomic mass is 10.0. The summed E-state index contributed by atoms with van der Waals surface area (Å²) in [7, 11) is 1.56. The number of anilines is 1. The SMILES string of the molecule is CCOC(=O)c1sc(N2CCC(NC(=O)c3nc(Cl)c(CC)[nH]3)C(OC)C2)nc1CF. The fourth-order valence-corrected chi connectivity index (χ4v) is 4.64. The van der Waals surface area contributed by atoms with Crippen molar-refractivity contribution in [3.8, 4) is 0 Å². The molecule has 0 aliphatic carbocycles. The topological polar surface area (TPSA) is 109 Å². The number of amides is 1. The molecule has 1 amide bonds. The van der Waals surface area contributed by atoms with E-state index in [1.165, 1.54) is 0 Å². The first-order valence-corrected chi connectivity index (χ1v) is 11.2. The number of aryl methyl sites for hydroxylation is 1. The summed E-state index contributed by atoms with van der Waals surface area (Å²) in [6, 6.07) is -0.257. The number of alkyl halides is 1. The Kier molecular flexibility index (Phi) is 7.84. The summed E-state index contributed by atoms with van der Waals surface area (Å²) in [6.07, 6.45) is 0.872. The summed E-state index contributed by atoms with van der Waals surface area (Å²) in [5, 5.41) is 3.75. The van der Waals surface area contributed by atoms with Crippen LogP contribution in [0.5, 0.6) is 0 Å². The Morgan fingerprint density at radius 3 is 2.77 bits per heavy atom. The van der Waals surface area contributed by atoms with Crippen LogP contribution in [0.15, 0.2) is 0 Å². The van der Waals surface area contributed by atoms with E-state index in [1.54, 1.807) is 14.0 Å². The molecule has 9 nitrogen and oxygen atoms in total. The van der Waals surface area contributed by atoms with Crippen molar-refractivity contribution >= 4 is 39.9 Å². The monoisotopic (exact) mass is 473 g/mol. The summed E-state index contributed by atoms with van der Waals surface area (Å²) in [5.41, 5.74) is 0.777. The van der Waals surface area contributed by atoms with Crippen molar-refractivity contribution in [1.29, 1.82) is 0 Å². The van der Waals surface area contributed by atoms with Gasteiger partial charge in [-0.25, -0.2) is 19.2 Å². The number of carbonyl (C=O) groups is 2. The Balaban J connectivity index is 1.69. The molecule has 31 heavy (non-hydrogen) atoms. The number of nitrogens with zero attached hydrogens (tertiary/aromatic N) is 3. The molecular weight excluding hydrogens is 449 g/mol. The molecule has 0 aromatic carbocycles. The zero-order valence-electron chi connectivity index (χ0n) is 17.5. The third-order valence-electron chi connectivity index (χ3n) is 5.02. The summed E-state index contributed by atoms with van der Waals surface area (Å²) in [6.45, 7) is 3.92. The van der Waals surface area contributed by atoms with Gasteiger partial charge < -0.3 is 24.7 Å². The van der Waals surface area contributed by atoms with Crippen LogP contribution in [0, 0.1) is 0 Å². The highest BCUT2D eigenvalue weighted by molar-refractivity contribution is 7.17. The Hall–Kier alpha value is -2.24. The molecule has 1 fully saturated rings. The average Bonchev–Trinajstić information content (AvgIpc) is 3.37. The standard InChI is InChI=1S/C19H25ClFN5O4S/c1-4-10-15(20)25-16(22-10)17(27)23-11-6-7-26(9-13(11)29-3)19-24-12(8-21)14(31-19)18(28)30-5-2/h11,13H,4-9H2,1-3H3,(H,22,25)(H,23,27). The lowest BCUT2D eigenvalue weighted by Gasteiger charge is -2.37. The first-order chi connectivity index (χ1) is 14.9. The van der Waals surface area contributed by atoms with Crippen LogP contribution in [0.1, 0.15) is 51.9 Å². The number of H-pyrrole nitrogens is 1. The third-order valence-corrected chi connectivity index (χ3v) is 6.47. The van der Waals surface area contributed by atoms with Crippen LogP contribution in [0.4, 0.5) is 9.52 Å². The molecule has 1 aliphatic heterocycles. The number of carbonyl (C=O) groups excluding carboxylic acids is 2. The summed E-state index contributed by atoms with van der Waals surface area (Å²) >= 11 is 7.12. The van der Waals surface area contributed by atoms with Gasteiger partial charge in [0.1, 0.15) is 11.6 Å². The van der Waals surface area contributed by atoms with Crippen molar-refractivity contribution in [3.63, 3.8) is 0 Å². The van der Waals surface area contributed by atoms with E-state index in [4.69, 9.17) is 21.1 Å². The highest BCUT2D eigenvalue weighted by atomic mass is 35.5. The van der Waals surface area contributed by atoms with Crippen LogP contribution < -0.4 is 10.2 Å². The number of hydrogen-bond acceptors (Lipinski definition) is 8. The van der Waals surface area contributed by atoms with Crippen molar-refractivity contribution < 1.29 is 23.5 Å². The second-order valence-corrected chi connectivity index (χ2v) is 8.26. The van der Waals surface area contributed by atoms with E-state index in [0.29, 0.717) is 36.8 Å². The molecular formula is C19H25ClFN5O4S. The number of aromatic amines is 1. The van der Waals surface area contributed by atoms with Gasteiger partial charge in [-0.2, -0.15) is 0 Å². The molecule has 170 valence electrons. The predicted molar refractivity (Wildman–Crippen MR) is 115 cm³/mol. The Labute approximate surface area is 188 Å². The van der Waals surface area contributed by atoms with Gasteiger partial charge in [0.25, 0.3) is 5.91 Å². The highest BCUT2D eigenvalue weighted by Crippen LogP contribution is 2.30. The summed E-state index contributed by atoms with van der Waals surface area (Å²) in [4.78, 5) is 38.0. The summed E-state index contributed by atoms with van der Waals surface area (Å²) < 4.78 is 23.9. The van der Waals surface area contributed by atoms with Crippen LogP contribution in [0.2, 0.25) is 5.15 Å². The first kappa shape index (κ1) is 23.4. The quantitative estimate of drug-likeness (QED) is 0.567. The van der Waals surface area contributed by atoms with Crippen LogP contribution >= 0.6 is 22.9 Å². The van der Waals surface area contributed by atoms with Crippen LogP contribution in [0.25, 0.3) is 0 Å². The zero-order valence-corrected chi connectivity index (χ0v) is 19.1. The number of rotatable bonds is 8. The van der Waals surface area contributed by atoms with E-state index in [9.17, 15) is 14.0 Å². The van der Waals surface area contributed by atoms with Gasteiger partial charge in [-0.05, 0) is 19.8 Å². The number of methoxy groups -OCH3 is 1. The zero-order chi connectivity index (χ0) is 22.5. The summed E-state index contributed by atoms with van der Waals surface area (Å²) in [5.74, 6) is -0.778. The second-order valence-electron chi connectivity index (χ2n) is 6.92. The second kappa shape index (κ2) is 10.4. The lowest BCUT2D eigenvalue weighted by Crippen LogP contribution is -2.55. The lowest BCUT2D eigenvalue weighted by molar-refractivity contribution is 0.0529. The number of hydrogen-bond donors (Lipinski definition) is 2. The fraction of sp³-hybridized carbons (Fsp3) is 0.579. The third kappa shape index (κ3) is 5.16. The molecule has 0 bridgehead atoms. The normalized spacial score (nSPS) is 18.8. The maximum Gasteiger partial charge on any atom is 0.350 e. The van der Waals surface area contributed by atoms with Crippen molar-refractivity contribution in [2.45, 2.75) is 45.5 Å². The maximum absolute atomic E-state index is 13.4. The van der Waals surface area contributed by atoms with Crippen molar-refractivity contribution in [3.05, 3.63) is 27.2 Å².